The van der Waals surface area contributed by atoms with Gasteiger partial charge in [-0.15, -0.1) is 0 Å². The molecule has 0 aliphatic carbocycles. The van der Waals surface area contributed by atoms with E-state index in [1.165, 1.54) is 12.2 Å². The number of benzene rings is 1. The Bertz CT molecular complexity index is 459. The smallest absolute Gasteiger partial charge is 0.258 e. The number of para-hydroxylation sites is 1. The average molecular weight is 217 g/mol. The molecular weight excluding hydrogens is 206 g/mol. The number of carbonyl (C=O) groups excluding carboxylic acids is 2. The van der Waals surface area contributed by atoms with Gasteiger partial charge < -0.3 is 5.11 Å². The Kier molecular flexibility index (Phi) is 2.58. The predicted molar refractivity (Wildman–Crippen MR) is 58.7 cm³/mol. The van der Waals surface area contributed by atoms with Crippen molar-refractivity contribution in [2.45, 2.75) is 13.0 Å². The van der Waals surface area contributed by atoms with Crippen molar-refractivity contribution in [1.82, 2.24) is 0 Å². The molecule has 2 amide bonds. The second-order valence-electron chi connectivity index (χ2n) is 3.58. The molecule has 1 aromatic rings. The van der Waals surface area contributed by atoms with Gasteiger partial charge in [-0.1, -0.05) is 18.2 Å². The fourth-order valence-corrected chi connectivity index (χ4v) is 1.68. The van der Waals surface area contributed by atoms with Gasteiger partial charge >= 0.3 is 0 Å². The third kappa shape index (κ3) is 1.63. The number of rotatable bonds is 2. The van der Waals surface area contributed by atoms with Crippen LogP contribution in [0.1, 0.15) is 18.6 Å². The van der Waals surface area contributed by atoms with E-state index in [0.29, 0.717) is 11.3 Å². The van der Waals surface area contributed by atoms with Gasteiger partial charge in [0.15, 0.2) is 0 Å². The van der Waals surface area contributed by atoms with Gasteiger partial charge in [-0.05, 0) is 13.0 Å². The van der Waals surface area contributed by atoms with Gasteiger partial charge in [0.05, 0.1) is 11.8 Å². The molecular formula is C12H11NO3. The van der Waals surface area contributed by atoms with Crippen LogP contribution in [0, 0.1) is 0 Å². The number of aliphatic hydroxyl groups is 1. The summed E-state index contributed by atoms with van der Waals surface area (Å²) < 4.78 is 0. The van der Waals surface area contributed by atoms with E-state index in [1.54, 1.807) is 31.2 Å². The van der Waals surface area contributed by atoms with Crippen LogP contribution >= 0.6 is 0 Å². The lowest BCUT2D eigenvalue weighted by molar-refractivity contribution is -0.120. The second-order valence-corrected chi connectivity index (χ2v) is 3.58. The zero-order valence-electron chi connectivity index (χ0n) is 8.75. The van der Waals surface area contributed by atoms with Crippen LogP contribution in [0.5, 0.6) is 0 Å². The van der Waals surface area contributed by atoms with Crippen molar-refractivity contribution in [2.24, 2.45) is 0 Å². The van der Waals surface area contributed by atoms with E-state index in [-0.39, 0.29) is 11.8 Å². The quantitative estimate of drug-likeness (QED) is 0.756. The number of carbonyl (C=O) groups is 2. The minimum absolute atomic E-state index is 0.377. The molecule has 0 spiro atoms. The van der Waals surface area contributed by atoms with Crippen LogP contribution < -0.4 is 4.90 Å². The highest BCUT2D eigenvalue weighted by molar-refractivity contribution is 6.28. The lowest BCUT2D eigenvalue weighted by atomic mass is 10.1. The van der Waals surface area contributed by atoms with Gasteiger partial charge in [-0.3, -0.25) is 9.59 Å². The van der Waals surface area contributed by atoms with Gasteiger partial charge in [0.2, 0.25) is 0 Å². The molecule has 0 radical (unpaired) electrons. The van der Waals surface area contributed by atoms with Crippen molar-refractivity contribution in [3.05, 3.63) is 42.0 Å². The third-order valence-electron chi connectivity index (χ3n) is 2.44. The van der Waals surface area contributed by atoms with Crippen molar-refractivity contribution < 1.29 is 14.7 Å². The van der Waals surface area contributed by atoms with Crippen LogP contribution in [-0.4, -0.2) is 16.9 Å². The van der Waals surface area contributed by atoms with Gasteiger partial charge in [0.25, 0.3) is 11.8 Å². The third-order valence-corrected chi connectivity index (χ3v) is 2.44. The lowest BCUT2D eigenvalue weighted by Crippen LogP contribution is -2.30. The highest BCUT2D eigenvalue weighted by Gasteiger charge is 2.27. The van der Waals surface area contributed by atoms with Crippen LogP contribution in [-0.2, 0) is 9.59 Å². The number of amides is 2. The molecule has 4 heteroatoms. The largest absolute Gasteiger partial charge is 0.389 e. The Hall–Kier alpha value is -1.94. The summed E-state index contributed by atoms with van der Waals surface area (Å²) in [6, 6.07) is 6.81. The summed E-state index contributed by atoms with van der Waals surface area (Å²) in [4.78, 5) is 24.1. The molecule has 0 saturated heterocycles. The molecule has 1 aromatic carbocycles. The van der Waals surface area contributed by atoms with Gasteiger partial charge in [0.1, 0.15) is 0 Å². The average Bonchev–Trinajstić information content (AvgIpc) is 2.58. The Morgan fingerprint density at radius 1 is 1.12 bits per heavy atom. The summed E-state index contributed by atoms with van der Waals surface area (Å²) in [5.41, 5.74) is 1.01. The predicted octanol–water partition coefficient (Wildman–Crippen LogP) is 1.17. The van der Waals surface area contributed by atoms with Crippen molar-refractivity contribution in [3.63, 3.8) is 0 Å². The SMILES string of the molecule is CC(O)c1ccccc1N1C(=O)C=CC1=O. The Balaban J connectivity index is 2.48. The van der Waals surface area contributed by atoms with Crippen molar-refractivity contribution in [3.8, 4) is 0 Å². The van der Waals surface area contributed by atoms with Crippen LogP contribution in [0.15, 0.2) is 36.4 Å². The maximum atomic E-state index is 11.5. The number of imide groups is 1. The molecule has 0 aromatic heterocycles. The second kappa shape index (κ2) is 3.90. The summed E-state index contributed by atoms with van der Waals surface area (Å²) in [5, 5.41) is 9.57. The molecule has 1 aliphatic rings. The summed E-state index contributed by atoms with van der Waals surface area (Å²) in [6.07, 6.45) is 1.72. The normalized spacial score (nSPS) is 17.0. The first-order valence-corrected chi connectivity index (χ1v) is 4.94. The molecule has 0 fully saturated rings. The maximum Gasteiger partial charge on any atom is 0.258 e. The number of hydrogen-bond acceptors (Lipinski definition) is 3. The van der Waals surface area contributed by atoms with Gasteiger partial charge in [0, 0.05) is 17.7 Å². The molecule has 1 aliphatic heterocycles. The zero-order valence-corrected chi connectivity index (χ0v) is 8.75. The van der Waals surface area contributed by atoms with E-state index in [9.17, 15) is 14.7 Å². The first-order valence-electron chi connectivity index (χ1n) is 4.94. The Labute approximate surface area is 92.8 Å². The number of anilines is 1. The highest BCUT2D eigenvalue weighted by Crippen LogP contribution is 2.28. The van der Waals surface area contributed by atoms with Crippen LogP contribution in [0.4, 0.5) is 5.69 Å². The molecule has 1 unspecified atom stereocenters. The van der Waals surface area contributed by atoms with E-state index in [0.717, 1.165) is 4.90 Å². The fraction of sp³-hybridized carbons (Fsp3) is 0.167. The zero-order chi connectivity index (χ0) is 11.7. The Morgan fingerprint density at radius 3 is 2.25 bits per heavy atom. The minimum atomic E-state index is -0.725. The molecule has 1 heterocycles. The van der Waals surface area contributed by atoms with E-state index in [2.05, 4.69) is 0 Å². The standard InChI is InChI=1S/C12H11NO3/c1-8(14)9-4-2-3-5-10(9)13-11(15)6-7-12(13)16/h2-8,14H,1H3. The first kappa shape index (κ1) is 10.6. The van der Waals surface area contributed by atoms with Crippen LogP contribution in [0.25, 0.3) is 0 Å². The van der Waals surface area contributed by atoms with Crippen molar-refractivity contribution in [1.29, 1.82) is 0 Å². The molecule has 4 nitrogen and oxygen atoms in total. The topological polar surface area (TPSA) is 57.6 Å². The summed E-state index contributed by atoms with van der Waals surface area (Å²) in [6.45, 7) is 1.59. The molecule has 82 valence electrons. The van der Waals surface area contributed by atoms with E-state index < -0.39 is 6.10 Å². The first-order chi connectivity index (χ1) is 7.61. The van der Waals surface area contributed by atoms with Crippen LogP contribution in [0.2, 0.25) is 0 Å². The summed E-state index contributed by atoms with van der Waals surface area (Å²) in [7, 11) is 0. The summed E-state index contributed by atoms with van der Waals surface area (Å²) >= 11 is 0. The summed E-state index contributed by atoms with van der Waals surface area (Å²) in [5.74, 6) is -0.754. The molecule has 1 N–H and O–H groups in total. The fourth-order valence-electron chi connectivity index (χ4n) is 1.68. The minimum Gasteiger partial charge on any atom is -0.389 e. The van der Waals surface area contributed by atoms with Crippen molar-refractivity contribution in [2.75, 3.05) is 4.90 Å². The molecule has 2 rings (SSSR count). The lowest BCUT2D eigenvalue weighted by Gasteiger charge is -2.19. The van der Waals surface area contributed by atoms with Crippen LogP contribution in [0.3, 0.4) is 0 Å². The van der Waals surface area contributed by atoms with E-state index >= 15 is 0 Å². The molecule has 0 saturated carbocycles. The van der Waals surface area contributed by atoms with E-state index in [1.807, 2.05) is 0 Å². The van der Waals surface area contributed by atoms with Gasteiger partial charge in [-0.25, -0.2) is 4.90 Å². The van der Waals surface area contributed by atoms with Crippen molar-refractivity contribution >= 4 is 17.5 Å². The van der Waals surface area contributed by atoms with E-state index in [4.69, 9.17) is 0 Å². The number of nitrogens with zero attached hydrogens (tertiary/aromatic N) is 1. The molecule has 1 atom stereocenters. The Morgan fingerprint density at radius 2 is 1.69 bits per heavy atom. The number of hydrogen-bond donors (Lipinski definition) is 1. The monoisotopic (exact) mass is 217 g/mol. The highest BCUT2D eigenvalue weighted by atomic mass is 16.3. The van der Waals surface area contributed by atoms with Gasteiger partial charge in [-0.2, -0.15) is 0 Å². The maximum absolute atomic E-state index is 11.5. The number of aliphatic hydroxyl groups excluding tert-OH is 1. The molecule has 0 bridgehead atoms. The molecule has 16 heavy (non-hydrogen) atoms.